The number of hydrogen-bond donors (Lipinski definition) is 0. The van der Waals surface area contributed by atoms with Crippen LogP contribution in [0.25, 0.3) is 22.1 Å². The highest BCUT2D eigenvalue weighted by Crippen LogP contribution is 2.26. The molecule has 0 amide bonds. The Morgan fingerprint density at radius 1 is 1.17 bits per heavy atom. The normalized spacial score (nSPS) is 10.6. The molecule has 24 heavy (non-hydrogen) atoms. The fraction of sp³-hybridized carbons (Fsp3) is 0.158. The summed E-state index contributed by atoms with van der Waals surface area (Å²) in [5.74, 6) is 0.272. The number of carbonyl (C=O) groups is 1. The molecule has 5 heteroatoms. The van der Waals surface area contributed by atoms with Crippen LogP contribution in [0.15, 0.2) is 57.9 Å². The zero-order valence-corrected chi connectivity index (χ0v) is 13.4. The van der Waals surface area contributed by atoms with Crippen molar-refractivity contribution in [3.63, 3.8) is 0 Å². The summed E-state index contributed by atoms with van der Waals surface area (Å²) in [6.45, 7) is 3.68. The van der Waals surface area contributed by atoms with Gasteiger partial charge in [-0.2, -0.15) is 0 Å². The molecule has 1 heterocycles. The number of hydrogen-bond acceptors (Lipinski definition) is 5. The first-order valence-electron chi connectivity index (χ1n) is 7.56. The van der Waals surface area contributed by atoms with Crippen LogP contribution in [0.4, 0.5) is 4.79 Å². The smallest absolute Gasteiger partial charge is 0.463 e. The van der Waals surface area contributed by atoms with Gasteiger partial charge in [0.15, 0.2) is 0 Å². The number of ether oxygens (including phenoxy) is 2. The van der Waals surface area contributed by atoms with Gasteiger partial charge in [-0.3, -0.25) is 4.79 Å². The molecule has 0 fully saturated rings. The van der Waals surface area contributed by atoms with Crippen molar-refractivity contribution in [1.29, 1.82) is 0 Å². The lowest BCUT2D eigenvalue weighted by molar-refractivity contribution is 0.104. The second-order valence-electron chi connectivity index (χ2n) is 5.24. The Morgan fingerprint density at radius 2 is 1.92 bits per heavy atom. The van der Waals surface area contributed by atoms with Crippen LogP contribution in [0.3, 0.4) is 0 Å². The van der Waals surface area contributed by atoms with Crippen LogP contribution in [-0.4, -0.2) is 12.8 Å². The van der Waals surface area contributed by atoms with Gasteiger partial charge in [0.1, 0.15) is 17.6 Å². The summed E-state index contributed by atoms with van der Waals surface area (Å²) in [5.41, 5.74) is 2.18. The van der Waals surface area contributed by atoms with Gasteiger partial charge >= 0.3 is 6.16 Å². The number of rotatable bonds is 3. The van der Waals surface area contributed by atoms with Crippen LogP contribution in [0, 0.1) is 6.92 Å². The van der Waals surface area contributed by atoms with E-state index in [1.165, 1.54) is 12.3 Å². The van der Waals surface area contributed by atoms with E-state index in [1.54, 1.807) is 19.9 Å². The maximum atomic E-state index is 12.8. The molecule has 0 bridgehead atoms. The predicted molar refractivity (Wildman–Crippen MR) is 90.3 cm³/mol. The lowest BCUT2D eigenvalue weighted by Crippen LogP contribution is -2.11. The first-order chi connectivity index (χ1) is 11.6. The molecule has 5 nitrogen and oxygen atoms in total. The fourth-order valence-electron chi connectivity index (χ4n) is 2.54. The lowest BCUT2D eigenvalue weighted by Gasteiger charge is -2.08. The molecule has 3 rings (SSSR count). The fourth-order valence-corrected chi connectivity index (χ4v) is 2.54. The molecule has 2 aromatic carbocycles. The van der Waals surface area contributed by atoms with E-state index in [0.717, 1.165) is 5.56 Å². The number of carbonyl (C=O) groups excluding carboxylic acids is 1. The maximum Gasteiger partial charge on any atom is 0.513 e. The van der Waals surface area contributed by atoms with Crippen molar-refractivity contribution < 1.29 is 18.7 Å². The zero-order valence-electron chi connectivity index (χ0n) is 13.4. The molecule has 3 aromatic rings. The maximum absolute atomic E-state index is 12.8. The third-order valence-electron chi connectivity index (χ3n) is 3.60. The quantitative estimate of drug-likeness (QED) is 0.531. The third kappa shape index (κ3) is 3.01. The summed E-state index contributed by atoms with van der Waals surface area (Å²) in [4.78, 5) is 24.2. The molecule has 0 atom stereocenters. The van der Waals surface area contributed by atoms with E-state index in [1.807, 2.05) is 30.3 Å². The molecule has 0 aliphatic rings. The van der Waals surface area contributed by atoms with Crippen LogP contribution in [0.5, 0.6) is 5.75 Å². The minimum atomic E-state index is -0.792. The van der Waals surface area contributed by atoms with E-state index in [4.69, 9.17) is 13.9 Å². The SMILES string of the molecule is CCOC(=O)Oc1cc(C)c2c(=O)c(-c3ccccc3)coc2c1. The second kappa shape index (κ2) is 6.58. The van der Waals surface area contributed by atoms with E-state index in [2.05, 4.69) is 0 Å². The molecule has 1 aromatic heterocycles. The predicted octanol–water partition coefficient (Wildman–Crippen LogP) is 4.30. The molecular weight excluding hydrogens is 308 g/mol. The minimum absolute atomic E-state index is 0.123. The van der Waals surface area contributed by atoms with Crippen molar-refractivity contribution in [3.8, 4) is 16.9 Å². The molecule has 0 aliphatic heterocycles. The van der Waals surface area contributed by atoms with Gasteiger partial charge in [0.2, 0.25) is 5.43 Å². The van der Waals surface area contributed by atoms with Crippen molar-refractivity contribution in [2.75, 3.05) is 6.61 Å². The Labute approximate surface area is 138 Å². The van der Waals surface area contributed by atoms with Crippen LogP contribution in [-0.2, 0) is 4.74 Å². The highest BCUT2D eigenvalue weighted by atomic mass is 16.7. The largest absolute Gasteiger partial charge is 0.513 e. The van der Waals surface area contributed by atoms with Gasteiger partial charge in [-0.05, 0) is 31.0 Å². The Kier molecular flexibility index (Phi) is 4.33. The zero-order chi connectivity index (χ0) is 17.1. The summed E-state index contributed by atoms with van der Waals surface area (Å²) in [6, 6.07) is 12.4. The van der Waals surface area contributed by atoms with Gasteiger partial charge in [0, 0.05) is 6.07 Å². The van der Waals surface area contributed by atoms with Gasteiger partial charge in [-0.15, -0.1) is 0 Å². The van der Waals surface area contributed by atoms with E-state index >= 15 is 0 Å². The molecule has 0 spiro atoms. The first-order valence-corrected chi connectivity index (χ1v) is 7.56. The van der Waals surface area contributed by atoms with Crippen molar-refractivity contribution in [2.45, 2.75) is 13.8 Å². The monoisotopic (exact) mass is 324 g/mol. The average Bonchev–Trinajstić information content (AvgIpc) is 2.55. The Balaban J connectivity index is 2.08. The Bertz CT molecular complexity index is 941. The van der Waals surface area contributed by atoms with Gasteiger partial charge < -0.3 is 13.9 Å². The summed E-state index contributed by atoms with van der Waals surface area (Å²) >= 11 is 0. The Hall–Kier alpha value is -3.08. The number of aryl methyl sites for hydroxylation is 1. The summed E-state index contributed by atoms with van der Waals surface area (Å²) in [7, 11) is 0. The molecule has 0 unspecified atom stereocenters. The van der Waals surface area contributed by atoms with Crippen molar-refractivity contribution in [3.05, 3.63) is 64.5 Å². The average molecular weight is 324 g/mol. The van der Waals surface area contributed by atoms with E-state index in [0.29, 0.717) is 22.1 Å². The third-order valence-corrected chi connectivity index (χ3v) is 3.60. The van der Waals surface area contributed by atoms with Crippen molar-refractivity contribution in [2.24, 2.45) is 0 Å². The molecular formula is C19H16O5. The van der Waals surface area contributed by atoms with E-state index in [-0.39, 0.29) is 17.8 Å². The summed E-state index contributed by atoms with van der Waals surface area (Å²) in [5, 5.41) is 0.465. The first kappa shape index (κ1) is 15.8. The van der Waals surface area contributed by atoms with Crippen molar-refractivity contribution >= 4 is 17.1 Å². The van der Waals surface area contributed by atoms with E-state index in [9.17, 15) is 9.59 Å². The minimum Gasteiger partial charge on any atom is -0.463 e. The summed E-state index contributed by atoms with van der Waals surface area (Å²) in [6.07, 6.45) is 0.632. The molecule has 122 valence electrons. The topological polar surface area (TPSA) is 65.7 Å². The van der Waals surface area contributed by atoms with Crippen LogP contribution < -0.4 is 10.2 Å². The molecule has 0 saturated heterocycles. The van der Waals surface area contributed by atoms with Gasteiger partial charge in [-0.25, -0.2) is 4.79 Å². The lowest BCUT2D eigenvalue weighted by atomic mass is 10.0. The van der Waals surface area contributed by atoms with Gasteiger partial charge in [0.05, 0.1) is 17.6 Å². The number of fused-ring (bicyclic) bond motifs is 1. The number of benzene rings is 2. The van der Waals surface area contributed by atoms with Gasteiger partial charge in [-0.1, -0.05) is 30.3 Å². The standard InChI is InChI=1S/C19H16O5/c1-3-22-19(21)24-14-9-12(2)17-16(10-14)23-11-15(18(17)20)13-7-5-4-6-8-13/h4-11H,3H2,1-2H3. The molecule has 0 radical (unpaired) electrons. The Morgan fingerprint density at radius 3 is 2.62 bits per heavy atom. The molecule has 0 saturated carbocycles. The van der Waals surface area contributed by atoms with Crippen LogP contribution >= 0.6 is 0 Å². The van der Waals surface area contributed by atoms with Gasteiger partial charge in [0.25, 0.3) is 0 Å². The molecule has 0 aliphatic carbocycles. The highest BCUT2D eigenvalue weighted by molar-refractivity contribution is 5.86. The van der Waals surface area contributed by atoms with Crippen LogP contribution in [0.2, 0.25) is 0 Å². The van der Waals surface area contributed by atoms with Crippen LogP contribution in [0.1, 0.15) is 12.5 Å². The molecule has 0 N–H and O–H groups in total. The van der Waals surface area contributed by atoms with E-state index < -0.39 is 6.16 Å². The highest BCUT2D eigenvalue weighted by Gasteiger charge is 2.14. The second-order valence-corrected chi connectivity index (χ2v) is 5.24. The summed E-state index contributed by atoms with van der Waals surface area (Å²) < 4.78 is 15.4. The van der Waals surface area contributed by atoms with Crippen molar-refractivity contribution in [1.82, 2.24) is 0 Å².